The molecule has 0 aromatic carbocycles. The number of hydrogen-bond donors (Lipinski definition) is 3. The molecule has 0 saturated heterocycles. The molecule has 1 aromatic heterocycles. The fourth-order valence-corrected chi connectivity index (χ4v) is 2.17. The molecule has 1 fully saturated rings. The summed E-state index contributed by atoms with van der Waals surface area (Å²) in [6.45, 7) is -0.0171. The van der Waals surface area contributed by atoms with Gasteiger partial charge in [-0.05, 0) is 25.7 Å². The van der Waals surface area contributed by atoms with E-state index in [9.17, 15) is 4.79 Å². The van der Waals surface area contributed by atoms with E-state index < -0.39 is 0 Å². The molecule has 7 heteroatoms. The van der Waals surface area contributed by atoms with Gasteiger partial charge in [-0.2, -0.15) is 0 Å². The van der Waals surface area contributed by atoms with E-state index in [0.717, 1.165) is 25.7 Å². The van der Waals surface area contributed by atoms with Crippen LogP contribution < -0.4 is 11.1 Å². The smallest absolute Gasteiger partial charge is 0.273 e. The number of aliphatic hydroxyl groups excluding tert-OH is 1. The Labute approximate surface area is 118 Å². The number of carbonyl (C=O) groups is 1. The van der Waals surface area contributed by atoms with E-state index in [4.69, 9.17) is 15.4 Å². The minimum absolute atomic E-state index is 0. The predicted molar refractivity (Wildman–Crippen MR) is 72.2 cm³/mol. The van der Waals surface area contributed by atoms with Crippen molar-refractivity contribution in [2.24, 2.45) is 5.73 Å². The lowest BCUT2D eigenvalue weighted by molar-refractivity contribution is 0.0916. The van der Waals surface area contributed by atoms with Crippen LogP contribution in [0.3, 0.4) is 0 Å². The number of rotatable bonds is 4. The molecule has 19 heavy (non-hydrogen) atoms. The Hall–Kier alpha value is -1.11. The summed E-state index contributed by atoms with van der Waals surface area (Å²) in [6.07, 6.45) is 4.08. The highest BCUT2D eigenvalue weighted by Gasteiger charge is 2.21. The van der Waals surface area contributed by atoms with Gasteiger partial charge in [0.05, 0.1) is 6.61 Å². The van der Waals surface area contributed by atoms with Crippen molar-refractivity contribution in [2.75, 3.05) is 6.61 Å². The Kier molecular flexibility index (Phi) is 6.27. The number of nitrogens with zero attached hydrogens (tertiary/aromatic N) is 1. The first-order valence-corrected chi connectivity index (χ1v) is 6.32. The van der Waals surface area contributed by atoms with E-state index in [1.165, 1.54) is 0 Å². The van der Waals surface area contributed by atoms with Gasteiger partial charge in [0.2, 0.25) is 0 Å². The van der Waals surface area contributed by atoms with Gasteiger partial charge in [0.15, 0.2) is 5.69 Å². The Morgan fingerprint density at radius 2 is 2.16 bits per heavy atom. The molecule has 1 saturated carbocycles. The molecular formula is C12H20ClN3O3. The zero-order valence-corrected chi connectivity index (χ0v) is 11.5. The van der Waals surface area contributed by atoms with Crippen LogP contribution in [-0.4, -0.2) is 34.9 Å². The van der Waals surface area contributed by atoms with Gasteiger partial charge >= 0.3 is 0 Å². The van der Waals surface area contributed by atoms with E-state index >= 15 is 0 Å². The molecule has 0 radical (unpaired) electrons. The highest BCUT2D eigenvalue weighted by Crippen LogP contribution is 2.17. The quantitative estimate of drug-likeness (QED) is 0.755. The molecule has 0 spiro atoms. The van der Waals surface area contributed by atoms with Crippen LogP contribution in [0.25, 0.3) is 0 Å². The largest absolute Gasteiger partial charge is 0.396 e. The van der Waals surface area contributed by atoms with Crippen molar-refractivity contribution in [1.29, 1.82) is 0 Å². The zero-order chi connectivity index (χ0) is 13.0. The van der Waals surface area contributed by atoms with Crippen LogP contribution in [0.1, 0.15) is 41.9 Å². The third-order valence-electron chi connectivity index (χ3n) is 3.26. The lowest BCUT2D eigenvalue weighted by atomic mass is 9.92. The summed E-state index contributed by atoms with van der Waals surface area (Å²) in [5.74, 6) is 0.303. The van der Waals surface area contributed by atoms with Crippen molar-refractivity contribution in [3.05, 3.63) is 17.5 Å². The fourth-order valence-electron chi connectivity index (χ4n) is 2.17. The molecule has 0 unspecified atom stereocenters. The molecule has 2 rings (SSSR count). The number of nitrogens with two attached hydrogens (primary N) is 1. The lowest BCUT2D eigenvalue weighted by Gasteiger charge is -2.26. The van der Waals surface area contributed by atoms with Crippen LogP contribution in [0, 0.1) is 0 Å². The molecule has 0 atom stereocenters. The zero-order valence-electron chi connectivity index (χ0n) is 10.7. The molecule has 1 aromatic rings. The molecule has 0 bridgehead atoms. The molecule has 1 amide bonds. The molecule has 4 N–H and O–H groups in total. The predicted octanol–water partition coefficient (Wildman–Crippen LogP) is 0.631. The van der Waals surface area contributed by atoms with Crippen LogP contribution in [0.4, 0.5) is 0 Å². The van der Waals surface area contributed by atoms with Crippen molar-refractivity contribution >= 4 is 18.3 Å². The minimum Gasteiger partial charge on any atom is -0.396 e. The normalized spacial score (nSPS) is 22.6. The second-order valence-electron chi connectivity index (χ2n) is 4.74. The van der Waals surface area contributed by atoms with Crippen LogP contribution in [-0.2, 0) is 6.42 Å². The van der Waals surface area contributed by atoms with E-state index in [-0.39, 0.29) is 42.7 Å². The van der Waals surface area contributed by atoms with E-state index in [1.54, 1.807) is 6.07 Å². The van der Waals surface area contributed by atoms with E-state index in [2.05, 4.69) is 10.5 Å². The maximum Gasteiger partial charge on any atom is 0.273 e. The fraction of sp³-hybridized carbons (Fsp3) is 0.667. The molecule has 1 heterocycles. The Morgan fingerprint density at radius 3 is 2.79 bits per heavy atom. The highest BCUT2D eigenvalue weighted by atomic mass is 35.5. The van der Waals surface area contributed by atoms with Gasteiger partial charge in [0.25, 0.3) is 5.91 Å². The number of aromatic nitrogens is 1. The number of amides is 1. The summed E-state index contributed by atoms with van der Waals surface area (Å²) in [5, 5.41) is 15.4. The van der Waals surface area contributed by atoms with Crippen LogP contribution in [0.2, 0.25) is 0 Å². The number of carbonyl (C=O) groups excluding carboxylic acids is 1. The van der Waals surface area contributed by atoms with Crippen molar-refractivity contribution < 1.29 is 14.4 Å². The van der Waals surface area contributed by atoms with Crippen molar-refractivity contribution in [3.63, 3.8) is 0 Å². The maximum atomic E-state index is 11.9. The number of aliphatic hydroxyl groups is 1. The summed E-state index contributed by atoms with van der Waals surface area (Å²) in [4.78, 5) is 11.9. The van der Waals surface area contributed by atoms with Gasteiger partial charge in [-0.3, -0.25) is 4.79 Å². The molecule has 0 aliphatic heterocycles. The summed E-state index contributed by atoms with van der Waals surface area (Å²) < 4.78 is 4.94. The number of nitrogens with one attached hydrogen (secondary N) is 1. The first-order chi connectivity index (χ1) is 8.69. The Bertz CT molecular complexity index is 403. The molecule has 1 aliphatic carbocycles. The van der Waals surface area contributed by atoms with Crippen molar-refractivity contribution in [1.82, 2.24) is 10.5 Å². The Balaban J connectivity index is 0.00000180. The minimum atomic E-state index is -0.219. The second-order valence-corrected chi connectivity index (χ2v) is 4.74. The SMILES string of the molecule is Cl.N[C@H]1CC[C@H](NC(=O)c2cc(CCO)on2)CC1. The van der Waals surface area contributed by atoms with Crippen LogP contribution in [0.5, 0.6) is 0 Å². The third-order valence-corrected chi connectivity index (χ3v) is 3.26. The van der Waals surface area contributed by atoms with E-state index in [0.29, 0.717) is 12.2 Å². The summed E-state index contributed by atoms with van der Waals surface area (Å²) in [5.41, 5.74) is 6.08. The summed E-state index contributed by atoms with van der Waals surface area (Å²) in [7, 11) is 0. The molecule has 6 nitrogen and oxygen atoms in total. The van der Waals surface area contributed by atoms with Gasteiger partial charge < -0.3 is 20.7 Å². The highest BCUT2D eigenvalue weighted by molar-refractivity contribution is 5.92. The van der Waals surface area contributed by atoms with Gasteiger partial charge in [-0.25, -0.2) is 0 Å². The molecule has 1 aliphatic rings. The van der Waals surface area contributed by atoms with Gasteiger partial charge in [0.1, 0.15) is 5.76 Å². The van der Waals surface area contributed by atoms with Crippen LogP contribution >= 0.6 is 12.4 Å². The van der Waals surface area contributed by atoms with Gasteiger partial charge in [-0.15, -0.1) is 12.4 Å². The summed E-state index contributed by atoms with van der Waals surface area (Å²) in [6, 6.07) is 2.01. The first kappa shape index (κ1) is 15.9. The first-order valence-electron chi connectivity index (χ1n) is 6.32. The lowest BCUT2D eigenvalue weighted by Crippen LogP contribution is -2.40. The van der Waals surface area contributed by atoms with E-state index in [1.807, 2.05) is 0 Å². The Morgan fingerprint density at radius 1 is 1.47 bits per heavy atom. The standard InChI is InChI=1S/C12H19N3O3.ClH/c13-8-1-3-9(4-2-8)14-12(17)11-7-10(5-6-16)18-15-11;/h7-9,16H,1-6,13H2,(H,14,17);1H/t8-,9-;. The molecule has 108 valence electrons. The topological polar surface area (TPSA) is 101 Å². The number of halogens is 1. The van der Waals surface area contributed by atoms with Crippen molar-refractivity contribution in [2.45, 2.75) is 44.2 Å². The van der Waals surface area contributed by atoms with Gasteiger partial charge in [0, 0.05) is 24.6 Å². The second kappa shape index (κ2) is 7.47. The van der Waals surface area contributed by atoms with Gasteiger partial charge in [-0.1, -0.05) is 5.16 Å². The average molecular weight is 290 g/mol. The van der Waals surface area contributed by atoms with Crippen molar-refractivity contribution in [3.8, 4) is 0 Å². The van der Waals surface area contributed by atoms with Crippen LogP contribution in [0.15, 0.2) is 10.6 Å². The average Bonchev–Trinajstić information content (AvgIpc) is 2.81. The molecular weight excluding hydrogens is 270 g/mol. The summed E-state index contributed by atoms with van der Waals surface area (Å²) >= 11 is 0. The monoisotopic (exact) mass is 289 g/mol. The third kappa shape index (κ3) is 4.49. The number of hydrogen-bond acceptors (Lipinski definition) is 5. The maximum absolute atomic E-state index is 11.9.